The maximum absolute atomic E-state index is 14.0. The van der Waals surface area contributed by atoms with Crippen molar-refractivity contribution in [3.8, 4) is 0 Å². The van der Waals surface area contributed by atoms with Crippen LogP contribution in [0.5, 0.6) is 0 Å². The first-order valence-corrected chi connectivity index (χ1v) is 8.11. The first kappa shape index (κ1) is 18.6. The lowest BCUT2D eigenvalue weighted by molar-refractivity contribution is -0.138. The van der Waals surface area contributed by atoms with Gasteiger partial charge in [0.15, 0.2) is 0 Å². The zero-order chi connectivity index (χ0) is 17.7. The second-order valence-electron chi connectivity index (χ2n) is 5.72. The molecule has 0 saturated carbocycles. The Morgan fingerprint density at radius 2 is 2.29 bits per heavy atom. The van der Waals surface area contributed by atoms with E-state index in [4.69, 9.17) is 16.7 Å². The quantitative estimate of drug-likeness (QED) is 0.783. The topological polar surface area (TPSA) is 72.9 Å². The smallest absolute Gasteiger partial charge is 0.237 e. The molecular weight excluding hydrogens is 337 g/mol. The molecule has 8 heteroatoms. The molecule has 0 spiro atoms. The Hall–Kier alpha value is -1.70. The van der Waals surface area contributed by atoms with E-state index in [1.165, 1.54) is 17.0 Å². The number of rotatable bonds is 6. The number of halogens is 2. The highest BCUT2D eigenvalue weighted by Gasteiger charge is 2.33. The summed E-state index contributed by atoms with van der Waals surface area (Å²) in [5.41, 5.74) is 0.315. The van der Waals surface area contributed by atoms with Crippen molar-refractivity contribution >= 4 is 23.4 Å². The number of hydrogen-bond acceptors (Lipinski definition) is 4. The van der Waals surface area contributed by atoms with E-state index in [1.54, 1.807) is 18.0 Å². The van der Waals surface area contributed by atoms with Crippen LogP contribution < -0.4 is 5.32 Å². The molecule has 0 aliphatic carbocycles. The minimum Gasteiger partial charge on any atom is -0.395 e. The second kappa shape index (κ2) is 8.41. The van der Waals surface area contributed by atoms with Gasteiger partial charge in [-0.15, -0.1) is 0 Å². The molecule has 1 aliphatic rings. The molecule has 0 radical (unpaired) electrons. The third kappa shape index (κ3) is 4.43. The molecule has 24 heavy (non-hydrogen) atoms. The van der Waals surface area contributed by atoms with Crippen LogP contribution in [0.1, 0.15) is 12.0 Å². The molecule has 6 nitrogen and oxygen atoms in total. The largest absolute Gasteiger partial charge is 0.395 e. The molecule has 1 heterocycles. The fourth-order valence-corrected chi connectivity index (χ4v) is 2.88. The Labute approximate surface area is 145 Å². The summed E-state index contributed by atoms with van der Waals surface area (Å²) in [6, 6.07) is 3.75. The van der Waals surface area contributed by atoms with Gasteiger partial charge in [-0.05, 0) is 12.1 Å². The molecule has 2 rings (SSSR count). The molecule has 1 aliphatic heterocycles. The van der Waals surface area contributed by atoms with Gasteiger partial charge < -0.3 is 15.3 Å². The van der Waals surface area contributed by atoms with Crippen LogP contribution in [-0.2, 0) is 16.1 Å². The van der Waals surface area contributed by atoms with E-state index >= 15 is 0 Å². The fraction of sp³-hybridized carbons (Fsp3) is 0.500. The van der Waals surface area contributed by atoms with Gasteiger partial charge in [-0.3, -0.25) is 14.5 Å². The lowest BCUT2D eigenvalue weighted by atomic mass is 10.1. The number of carbonyl (C=O) groups is 2. The first-order valence-electron chi connectivity index (χ1n) is 7.73. The third-order valence-electron chi connectivity index (χ3n) is 4.09. The maximum Gasteiger partial charge on any atom is 0.237 e. The van der Waals surface area contributed by atoms with Gasteiger partial charge in [0.25, 0.3) is 0 Å². The molecule has 2 N–H and O–H groups in total. The molecule has 1 atom stereocenters. The SMILES string of the molecule is CN(CCO)C(=O)CC1C(=O)NCCN1Cc1c(F)cccc1Cl. The summed E-state index contributed by atoms with van der Waals surface area (Å²) < 4.78 is 14.0. The van der Waals surface area contributed by atoms with E-state index < -0.39 is 11.9 Å². The highest BCUT2D eigenvalue weighted by molar-refractivity contribution is 6.31. The van der Waals surface area contributed by atoms with Crippen molar-refractivity contribution in [1.82, 2.24) is 15.1 Å². The molecule has 1 aromatic carbocycles. The number of carbonyl (C=O) groups excluding carboxylic acids is 2. The Morgan fingerprint density at radius 1 is 1.54 bits per heavy atom. The first-order chi connectivity index (χ1) is 11.4. The highest BCUT2D eigenvalue weighted by Crippen LogP contribution is 2.23. The van der Waals surface area contributed by atoms with Crippen molar-refractivity contribution in [3.63, 3.8) is 0 Å². The summed E-state index contributed by atoms with van der Waals surface area (Å²) in [6.45, 7) is 1.14. The number of aliphatic hydroxyl groups is 1. The normalized spacial score (nSPS) is 18.3. The summed E-state index contributed by atoms with van der Waals surface area (Å²) in [6.07, 6.45) is -0.0333. The molecule has 132 valence electrons. The van der Waals surface area contributed by atoms with Gasteiger partial charge in [0.05, 0.1) is 19.1 Å². The molecule has 0 bridgehead atoms. The van der Waals surface area contributed by atoms with E-state index in [2.05, 4.69) is 5.32 Å². The number of benzene rings is 1. The molecule has 0 aromatic heterocycles. The van der Waals surface area contributed by atoms with Crippen LogP contribution in [0.4, 0.5) is 4.39 Å². The monoisotopic (exact) mass is 357 g/mol. The zero-order valence-electron chi connectivity index (χ0n) is 13.5. The molecule has 1 unspecified atom stereocenters. The van der Waals surface area contributed by atoms with Gasteiger partial charge in [-0.2, -0.15) is 0 Å². The van der Waals surface area contributed by atoms with E-state index in [-0.39, 0.29) is 37.9 Å². The Morgan fingerprint density at radius 3 is 2.96 bits per heavy atom. The second-order valence-corrected chi connectivity index (χ2v) is 6.13. The predicted molar refractivity (Wildman–Crippen MR) is 88.0 cm³/mol. The van der Waals surface area contributed by atoms with Crippen LogP contribution in [-0.4, -0.2) is 66.1 Å². The van der Waals surface area contributed by atoms with E-state index in [0.29, 0.717) is 23.7 Å². The summed E-state index contributed by atoms with van der Waals surface area (Å²) >= 11 is 6.06. The van der Waals surface area contributed by atoms with Gasteiger partial charge in [-0.1, -0.05) is 17.7 Å². The van der Waals surface area contributed by atoms with Crippen molar-refractivity contribution in [2.75, 3.05) is 33.3 Å². The summed E-state index contributed by atoms with van der Waals surface area (Å²) in [5.74, 6) is -0.953. The zero-order valence-corrected chi connectivity index (χ0v) is 14.2. The van der Waals surface area contributed by atoms with Crippen molar-refractivity contribution in [3.05, 3.63) is 34.6 Å². The number of nitrogens with zero attached hydrogens (tertiary/aromatic N) is 2. The minimum absolute atomic E-state index is 0.0333. The van der Waals surface area contributed by atoms with Gasteiger partial charge in [-0.25, -0.2) is 4.39 Å². The van der Waals surface area contributed by atoms with Crippen LogP contribution in [0.25, 0.3) is 0 Å². The Bertz CT molecular complexity index is 594. The van der Waals surface area contributed by atoms with Crippen molar-refractivity contribution in [2.45, 2.75) is 19.0 Å². The van der Waals surface area contributed by atoms with Gasteiger partial charge in [0.1, 0.15) is 5.82 Å². The molecule has 1 saturated heterocycles. The summed E-state index contributed by atoms with van der Waals surface area (Å²) in [5, 5.41) is 11.9. The van der Waals surface area contributed by atoms with E-state index in [9.17, 15) is 14.0 Å². The van der Waals surface area contributed by atoms with E-state index in [1.807, 2.05) is 0 Å². The highest BCUT2D eigenvalue weighted by atomic mass is 35.5. The predicted octanol–water partition coefficient (Wildman–Crippen LogP) is 0.620. The number of hydrogen-bond donors (Lipinski definition) is 2. The van der Waals surface area contributed by atoms with Crippen LogP contribution in [0, 0.1) is 5.82 Å². The Balaban J connectivity index is 2.14. The van der Waals surface area contributed by atoms with Crippen LogP contribution in [0.3, 0.4) is 0 Å². The lowest BCUT2D eigenvalue weighted by Crippen LogP contribution is -2.56. The van der Waals surface area contributed by atoms with Crippen LogP contribution >= 0.6 is 11.6 Å². The number of amides is 2. The number of piperazine rings is 1. The van der Waals surface area contributed by atoms with Gasteiger partial charge in [0, 0.05) is 43.8 Å². The van der Waals surface area contributed by atoms with E-state index in [0.717, 1.165) is 0 Å². The maximum atomic E-state index is 14.0. The lowest BCUT2D eigenvalue weighted by Gasteiger charge is -2.35. The standard InChI is InChI=1S/C16H21ClFN3O3/c1-20(7-8-22)15(23)9-14-16(24)19-5-6-21(14)10-11-12(17)3-2-4-13(11)18/h2-4,14,22H,5-10H2,1H3,(H,19,24). The van der Waals surface area contributed by atoms with Gasteiger partial charge >= 0.3 is 0 Å². The van der Waals surface area contributed by atoms with Crippen molar-refractivity contribution in [2.24, 2.45) is 0 Å². The molecular formula is C16H21ClFN3O3. The Kier molecular flexibility index (Phi) is 6.53. The van der Waals surface area contributed by atoms with Crippen LogP contribution in [0.2, 0.25) is 5.02 Å². The van der Waals surface area contributed by atoms with Crippen molar-refractivity contribution in [1.29, 1.82) is 0 Å². The summed E-state index contributed by atoms with van der Waals surface area (Å²) in [7, 11) is 1.57. The summed E-state index contributed by atoms with van der Waals surface area (Å²) in [4.78, 5) is 27.5. The van der Waals surface area contributed by atoms with Crippen LogP contribution in [0.15, 0.2) is 18.2 Å². The average molecular weight is 358 g/mol. The molecule has 2 amide bonds. The third-order valence-corrected chi connectivity index (χ3v) is 4.45. The molecule has 1 aromatic rings. The van der Waals surface area contributed by atoms with Gasteiger partial charge in [0.2, 0.25) is 11.8 Å². The fourth-order valence-electron chi connectivity index (χ4n) is 2.66. The number of aliphatic hydroxyl groups excluding tert-OH is 1. The van der Waals surface area contributed by atoms with Crippen molar-refractivity contribution < 1.29 is 19.1 Å². The number of likely N-dealkylation sites (N-methyl/N-ethyl adjacent to an activating group) is 1. The molecule has 1 fully saturated rings. The average Bonchev–Trinajstić information content (AvgIpc) is 2.54. The number of nitrogens with one attached hydrogen (secondary N) is 1. The minimum atomic E-state index is -0.692.